The molecule has 0 aliphatic rings. The molecule has 2 aromatic carbocycles. The summed E-state index contributed by atoms with van der Waals surface area (Å²) >= 11 is 0. The molecule has 170 valence electrons. The van der Waals surface area contributed by atoms with Gasteiger partial charge in [0, 0.05) is 5.56 Å². The molecular formula is C26H38O4Si. The number of hydrogen-bond donors (Lipinski definition) is 1. The third-order valence-corrected chi connectivity index (χ3v) is 10.7. The molecular weight excluding hydrogens is 404 g/mol. The molecule has 0 radical (unpaired) electrons. The van der Waals surface area contributed by atoms with Crippen LogP contribution in [0.2, 0.25) is 18.1 Å². The van der Waals surface area contributed by atoms with Crippen LogP contribution in [0.1, 0.15) is 61.6 Å². The Morgan fingerprint density at radius 3 is 2.13 bits per heavy atom. The van der Waals surface area contributed by atoms with Gasteiger partial charge in [0.1, 0.15) is 11.9 Å². The van der Waals surface area contributed by atoms with Gasteiger partial charge >= 0.3 is 0 Å². The molecule has 2 aromatic rings. The van der Waals surface area contributed by atoms with E-state index in [1.807, 2.05) is 45.0 Å². The smallest absolute Gasteiger partial charge is 0.250 e. The third kappa shape index (κ3) is 4.99. The van der Waals surface area contributed by atoms with Crippen molar-refractivity contribution in [1.82, 2.24) is 0 Å². The molecule has 1 N–H and O–H groups in total. The summed E-state index contributed by atoms with van der Waals surface area (Å²) in [4.78, 5) is 0. The minimum absolute atomic E-state index is 0.0862. The molecule has 5 heteroatoms. The molecule has 0 bridgehead atoms. The normalized spacial score (nSPS) is 13.0. The number of aliphatic hydroxyl groups excluding tert-OH is 1. The van der Waals surface area contributed by atoms with E-state index in [-0.39, 0.29) is 5.04 Å². The lowest BCUT2D eigenvalue weighted by atomic mass is 9.91. The second-order valence-electron chi connectivity index (χ2n) is 9.77. The van der Waals surface area contributed by atoms with Gasteiger partial charge in [-0.25, -0.2) is 0 Å². The van der Waals surface area contributed by atoms with E-state index in [2.05, 4.69) is 40.4 Å². The Balaban J connectivity index is 2.62. The minimum atomic E-state index is -2.01. The molecule has 0 spiro atoms. The van der Waals surface area contributed by atoms with Crippen LogP contribution in [0.4, 0.5) is 0 Å². The first-order valence-corrected chi connectivity index (χ1v) is 13.5. The van der Waals surface area contributed by atoms with Crippen LogP contribution in [0.25, 0.3) is 5.57 Å². The molecule has 0 aromatic heterocycles. The largest absolute Gasteiger partial charge is 0.543 e. The van der Waals surface area contributed by atoms with Crippen molar-refractivity contribution in [3.05, 3.63) is 58.7 Å². The maximum absolute atomic E-state index is 11.5. The third-order valence-electron chi connectivity index (χ3n) is 6.40. The van der Waals surface area contributed by atoms with E-state index < -0.39 is 14.4 Å². The van der Waals surface area contributed by atoms with Crippen LogP contribution < -0.4 is 13.9 Å². The Hall–Kier alpha value is -2.24. The highest BCUT2D eigenvalue weighted by molar-refractivity contribution is 6.74. The first-order chi connectivity index (χ1) is 14.2. The number of benzene rings is 2. The molecule has 0 heterocycles. The van der Waals surface area contributed by atoms with Gasteiger partial charge in [0.15, 0.2) is 11.5 Å². The van der Waals surface area contributed by atoms with Crippen LogP contribution >= 0.6 is 0 Å². The standard InChI is InChI=1S/C26H38O4Si/c1-16(2)20-14-19(15-22(28-8)25(20)29-9)24(27)23-17(3)12-13-21(18(23)4)30-31(10,11)26(5,6)7/h12-15,24,27H,1H2,2-11H3. The lowest BCUT2D eigenvalue weighted by Gasteiger charge is -2.37. The SMILES string of the molecule is C=C(C)c1cc(C(O)c2c(C)ccc(O[Si](C)(C)C(C)(C)C)c2C)cc(OC)c1OC. The molecule has 2 rings (SSSR count). The second kappa shape index (κ2) is 9.09. The molecule has 0 amide bonds. The van der Waals surface area contributed by atoms with Gasteiger partial charge in [-0.1, -0.05) is 33.4 Å². The number of aliphatic hydroxyl groups is 1. The van der Waals surface area contributed by atoms with E-state index in [1.165, 1.54) is 0 Å². The highest BCUT2D eigenvalue weighted by atomic mass is 28.4. The minimum Gasteiger partial charge on any atom is -0.543 e. The van der Waals surface area contributed by atoms with Crippen molar-refractivity contribution in [2.75, 3.05) is 14.2 Å². The summed E-state index contributed by atoms with van der Waals surface area (Å²) in [5, 5.41) is 11.5. The quantitative estimate of drug-likeness (QED) is 0.478. The van der Waals surface area contributed by atoms with Crippen LogP contribution in [-0.4, -0.2) is 27.6 Å². The molecule has 0 fully saturated rings. The number of ether oxygens (including phenoxy) is 2. The van der Waals surface area contributed by atoms with Gasteiger partial charge in [0.25, 0.3) is 0 Å². The Bertz CT molecular complexity index is 970. The maximum atomic E-state index is 11.5. The zero-order chi connectivity index (χ0) is 23.7. The van der Waals surface area contributed by atoms with Crippen molar-refractivity contribution in [2.45, 2.75) is 65.8 Å². The lowest BCUT2D eigenvalue weighted by Crippen LogP contribution is -2.44. The summed E-state index contributed by atoms with van der Waals surface area (Å²) in [7, 11) is 1.19. The predicted octanol–water partition coefficient (Wildman–Crippen LogP) is 6.82. The van der Waals surface area contributed by atoms with E-state index in [0.717, 1.165) is 39.1 Å². The predicted molar refractivity (Wildman–Crippen MR) is 132 cm³/mol. The lowest BCUT2D eigenvalue weighted by molar-refractivity contribution is 0.217. The number of hydrogen-bond acceptors (Lipinski definition) is 4. The Labute approximate surface area is 189 Å². The van der Waals surface area contributed by atoms with Crippen molar-refractivity contribution in [3.63, 3.8) is 0 Å². The van der Waals surface area contributed by atoms with Gasteiger partial charge in [-0.2, -0.15) is 0 Å². The highest BCUT2D eigenvalue weighted by Crippen LogP contribution is 2.42. The highest BCUT2D eigenvalue weighted by Gasteiger charge is 2.39. The Morgan fingerprint density at radius 2 is 1.65 bits per heavy atom. The second-order valence-corrected chi connectivity index (χ2v) is 14.5. The van der Waals surface area contributed by atoms with E-state index in [4.69, 9.17) is 13.9 Å². The molecule has 0 saturated carbocycles. The van der Waals surface area contributed by atoms with E-state index >= 15 is 0 Å². The zero-order valence-electron chi connectivity index (χ0n) is 20.8. The summed E-state index contributed by atoms with van der Waals surface area (Å²) in [6.07, 6.45) is -0.833. The number of aryl methyl sites for hydroxylation is 1. The van der Waals surface area contributed by atoms with Crippen molar-refractivity contribution in [3.8, 4) is 17.2 Å². The average molecular weight is 443 g/mol. The Kier molecular flexibility index (Phi) is 7.34. The summed E-state index contributed by atoms with van der Waals surface area (Å²) in [6, 6.07) is 7.80. The number of rotatable bonds is 7. The fourth-order valence-corrected chi connectivity index (χ4v) is 4.51. The van der Waals surface area contributed by atoms with Crippen molar-refractivity contribution in [2.24, 2.45) is 0 Å². The van der Waals surface area contributed by atoms with Crippen LogP contribution in [0.3, 0.4) is 0 Å². The van der Waals surface area contributed by atoms with Gasteiger partial charge in [0.2, 0.25) is 8.32 Å². The van der Waals surface area contributed by atoms with Crippen LogP contribution in [0, 0.1) is 13.8 Å². The molecule has 0 aliphatic carbocycles. The fraction of sp³-hybridized carbons (Fsp3) is 0.462. The van der Waals surface area contributed by atoms with Gasteiger partial charge < -0.3 is 19.0 Å². The summed E-state index contributed by atoms with van der Waals surface area (Å²) < 4.78 is 17.7. The van der Waals surface area contributed by atoms with Crippen molar-refractivity contribution in [1.29, 1.82) is 0 Å². The molecule has 0 aliphatic heterocycles. The van der Waals surface area contributed by atoms with E-state index in [0.29, 0.717) is 11.5 Å². The topological polar surface area (TPSA) is 47.9 Å². The van der Waals surface area contributed by atoms with Gasteiger partial charge in [-0.3, -0.25) is 0 Å². The van der Waals surface area contributed by atoms with Crippen molar-refractivity contribution < 1.29 is 19.0 Å². The van der Waals surface area contributed by atoms with Gasteiger partial charge in [-0.15, -0.1) is 0 Å². The fourth-order valence-electron chi connectivity index (χ4n) is 3.43. The van der Waals surface area contributed by atoms with Crippen molar-refractivity contribution >= 4 is 13.9 Å². The Morgan fingerprint density at radius 1 is 1.03 bits per heavy atom. The monoisotopic (exact) mass is 442 g/mol. The van der Waals surface area contributed by atoms with Crippen LogP contribution in [-0.2, 0) is 0 Å². The van der Waals surface area contributed by atoms with E-state index in [9.17, 15) is 5.11 Å². The summed E-state index contributed by atoms with van der Waals surface area (Å²) in [6.45, 7) is 21.1. The molecule has 1 unspecified atom stereocenters. The number of allylic oxidation sites excluding steroid dienone is 1. The zero-order valence-corrected chi connectivity index (χ0v) is 21.8. The molecule has 31 heavy (non-hydrogen) atoms. The summed E-state index contributed by atoms with van der Waals surface area (Å²) in [5.41, 5.74) is 5.22. The van der Waals surface area contributed by atoms with Crippen LogP contribution in [0.5, 0.6) is 17.2 Å². The summed E-state index contributed by atoms with van der Waals surface area (Å²) in [5.74, 6) is 2.03. The maximum Gasteiger partial charge on any atom is 0.250 e. The molecule has 1 atom stereocenters. The van der Waals surface area contributed by atoms with Crippen LogP contribution in [0.15, 0.2) is 30.8 Å². The van der Waals surface area contributed by atoms with E-state index in [1.54, 1.807) is 14.2 Å². The molecule has 4 nitrogen and oxygen atoms in total. The first kappa shape index (κ1) is 25.0. The molecule has 0 saturated heterocycles. The average Bonchev–Trinajstić information content (AvgIpc) is 2.67. The van der Waals surface area contributed by atoms with Gasteiger partial charge in [-0.05, 0) is 84.9 Å². The first-order valence-electron chi connectivity index (χ1n) is 10.6. The number of methoxy groups -OCH3 is 2. The van der Waals surface area contributed by atoms with Gasteiger partial charge in [0.05, 0.1) is 14.2 Å².